The van der Waals surface area contributed by atoms with Crippen molar-refractivity contribution in [3.63, 3.8) is 0 Å². The van der Waals surface area contributed by atoms with Gasteiger partial charge in [0, 0.05) is 17.9 Å². The molecule has 2 rings (SSSR count). The van der Waals surface area contributed by atoms with Crippen molar-refractivity contribution in [2.45, 2.75) is 13.8 Å². The van der Waals surface area contributed by atoms with Gasteiger partial charge in [-0.15, -0.1) is 0 Å². The van der Waals surface area contributed by atoms with Crippen LogP contribution < -0.4 is 6.15 Å². The van der Waals surface area contributed by atoms with Crippen LogP contribution in [0.5, 0.6) is 0 Å². The molecule has 0 amide bonds. The minimum Gasteiger partial charge on any atom is -0.344 e. The fourth-order valence-electron chi connectivity index (χ4n) is 1.39. The number of hydrogen-bond donors (Lipinski definition) is 1. The van der Waals surface area contributed by atoms with E-state index in [0.29, 0.717) is 0 Å². The molecule has 0 atom stereocenters. The highest BCUT2D eigenvalue weighted by Crippen LogP contribution is 2.15. The van der Waals surface area contributed by atoms with E-state index in [1.807, 2.05) is 6.07 Å². The molecule has 0 radical (unpaired) electrons. The average Bonchev–Trinajstić information content (AvgIpc) is 2.30. The van der Waals surface area contributed by atoms with Crippen LogP contribution in [0.1, 0.15) is 11.1 Å². The first kappa shape index (κ1) is 8.81. The van der Waals surface area contributed by atoms with Gasteiger partial charge in [-0.2, -0.15) is 0 Å². The van der Waals surface area contributed by atoms with Crippen molar-refractivity contribution in [2.75, 3.05) is 0 Å². The van der Waals surface area contributed by atoms with Crippen molar-refractivity contribution < 1.29 is 0 Å². The fraction of sp³-hybridized carbons (Fsp3) is 0.200. The first-order valence-electron chi connectivity index (χ1n) is 3.82. The van der Waals surface area contributed by atoms with Gasteiger partial charge in [0.2, 0.25) is 0 Å². The van der Waals surface area contributed by atoms with Gasteiger partial charge in [0.05, 0.1) is 0 Å². The summed E-state index contributed by atoms with van der Waals surface area (Å²) in [5, 5.41) is 0. The van der Waals surface area contributed by atoms with Crippen LogP contribution in [0.2, 0.25) is 0 Å². The molecule has 2 nitrogen and oxygen atoms in total. The van der Waals surface area contributed by atoms with Crippen LogP contribution in [0, 0.1) is 13.8 Å². The van der Waals surface area contributed by atoms with E-state index in [4.69, 9.17) is 0 Å². The van der Waals surface area contributed by atoms with Gasteiger partial charge in [-0.25, -0.2) is 0 Å². The lowest BCUT2D eigenvalue weighted by Gasteiger charge is -1.92. The van der Waals surface area contributed by atoms with Crippen LogP contribution in [-0.2, 0) is 0 Å². The van der Waals surface area contributed by atoms with Crippen molar-refractivity contribution in [2.24, 2.45) is 0 Å². The summed E-state index contributed by atoms with van der Waals surface area (Å²) in [5.41, 5.74) is 4.05. The van der Waals surface area contributed by atoms with E-state index >= 15 is 0 Å². The Kier molecular flexibility index (Phi) is 2.20. The molecule has 2 heterocycles. The number of rotatable bonds is 0. The minimum absolute atomic E-state index is 0. The molecular weight excluding hydrogens is 148 g/mol. The molecule has 0 aliphatic carbocycles. The molecule has 0 saturated heterocycles. The molecular formula is C10H14N2. The Morgan fingerprint density at radius 2 is 1.92 bits per heavy atom. The van der Waals surface area contributed by atoms with Crippen molar-refractivity contribution in [3.05, 3.63) is 41.7 Å². The molecule has 0 aliphatic rings. The molecule has 2 aromatic rings. The van der Waals surface area contributed by atoms with Crippen molar-refractivity contribution in [1.29, 1.82) is 0 Å². The highest BCUT2D eigenvalue weighted by Gasteiger charge is 1.99. The van der Waals surface area contributed by atoms with Crippen LogP contribution in [0.4, 0.5) is 0 Å². The van der Waals surface area contributed by atoms with Gasteiger partial charge in [-0.1, -0.05) is 6.07 Å². The van der Waals surface area contributed by atoms with Gasteiger partial charge in [-0.3, -0.25) is 0 Å². The number of nitrogens with zero attached hydrogens (tertiary/aromatic N) is 1. The predicted octanol–water partition coefficient (Wildman–Crippen LogP) is 2.72. The van der Waals surface area contributed by atoms with Gasteiger partial charge in [-0.05, 0) is 37.1 Å². The lowest BCUT2D eigenvalue weighted by Crippen LogP contribution is -1.78. The van der Waals surface area contributed by atoms with E-state index < -0.39 is 0 Å². The zero-order valence-electron chi connectivity index (χ0n) is 7.54. The monoisotopic (exact) mass is 162 g/mol. The smallest absolute Gasteiger partial charge is 0.0481 e. The molecule has 0 bridgehead atoms. The standard InChI is InChI=1S/C10H11N.H3N/c1-8-7-11-6-4-3-5-10(11)9(8)2;/h3-7H,1-2H3;1H3. The van der Waals surface area contributed by atoms with Gasteiger partial charge < -0.3 is 10.6 Å². The molecule has 0 spiro atoms. The quantitative estimate of drug-likeness (QED) is 0.635. The molecule has 0 fully saturated rings. The van der Waals surface area contributed by atoms with Crippen LogP contribution in [0.25, 0.3) is 5.52 Å². The van der Waals surface area contributed by atoms with Gasteiger partial charge in [0.25, 0.3) is 0 Å². The van der Waals surface area contributed by atoms with Gasteiger partial charge in [0.1, 0.15) is 0 Å². The van der Waals surface area contributed by atoms with Crippen LogP contribution in [0.3, 0.4) is 0 Å². The van der Waals surface area contributed by atoms with Crippen molar-refractivity contribution >= 4 is 5.52 Å². The zero-order chi connectivity index (χ0) is 7.84. The third-order valence-corrected chi connectivity index (χ3v) is 2.20. The summed E-state index contributed by atoms with van der Waals surface area (Å²) in [5.74, 6) is 0. The summed E-state index contributed by atoms with van der Waals surface area (Å²) in [6.07, 6.45) is 4.24. The molecule has 2 heteroatoms. The Morgan fingerprint density at radius 3 is 2.58 bits per heavy atom. The summed E-state index contributed by atoms with van der Waals surface area (Å²) < 4.78 is 2.16. The second-order valence-electron chi connectivity index (χ2n) is 2.93. The number of pyridine rings is 1. The maximum Gasteiger partial charge on any atom is 0.0481 e. The Morgan fingerprint density at radius 1 is 1.17 bits per heavy atom. The first-order valence-corrected chi connectivity index (χ1v) is 3.82. The Balaban J connectivity index is 0.000000720. The molecule has 0 unspecified atom stereocenters. The maximum atomic E-state index is 2.16. The number of fused-ring (bicyclic) bond motifs is 1. The van der Waals surface area contributed by atoms with Crippen molar-refractivity contribution in [1.82, 2.24) is 10.6 Å². The van der Waals surface area contributed by atoms with E-state index in [9.17, 15) is 0 Å². The van der Waals surface area contributed by atoms with E-state index in [1.165, 1.54) is 16.6 Å². The third-order valence-electron chi connectivity index (χ3n) is 2.20. The Labute approximate surface area is 72.4 Å². The Hall–Kier alpha value is -1.28. The summed E-state index contributed by atoms with van der Waals surface area (Å²) >= 11 is 0. The lowest BCUT2D eigenvalue weighted by molar-refractivity contribution is 1.19. The molecule has 0 aliphatic heterocycles. The fourth-order valence-corrected chi connectivity index (χ4v) is 1.39. The highest BCUT2D eigenvalue weighted by atomic mass is 14.9. The maximum absolute atomic E-state index is 2.16. The number of aromatic nitrogens is 1. The lowest BCUT2D eigenvalue weighted by atomic mass is 10.2. The summed E-state index contributed by atoms with van der Waals surface area (Å²) in [6.45, 7) is 4.30. The molecule has 0 aromatic carbocycles. The first-order chi connectivity index (χ1) is 5.29. The largest absolute Gasteiger partial charge is 0.344 e. The second-order valence-corrected chi connectivity index (χ2v) is 2.93. The Bertz CT molecular complexity index is 388. The molecule has 64 valence electrons. The zero-order valence-corrected chi connectivity index (χ0v) is 7.54. The summed E-state index contributed by atoms with van der Waals surface area (Å²) in [4.78, 5) is 0. The van der Waals surface area contributed by atoms with Crippen LogP contribution in [-0.4, -0.2) is 4.40 Å². The van der Waals surface area contributed by atoms with Crippen LogP contribution in [0.15, 0.2) is 30.6 Å². The topological polar surface area (TPSA) is 39.4 Å². The average molecular weight is 162 g/mol. The van der Waals surface area contributed by atoms with Crippen LogP contribution >= 0.6 is 0 Å². The molecule has 3 N–H and O–H groups in total. The minimum atomic E-state index is 0. The number of aryl methyl sites for hydroxylation is 2. The third kappa shape index (κ3) is 1.10. The highest BCUT2D eigenvalue weighted by molar-refractivity contribution is 5.57. The van der Waals surface area contributed by atoms with E-state index in [0.717, 1.165) is 0 Å². The molecule has 2 aromatic heterocycles. The van der Waals surface area contributed by atoms with Crippen molar-refractivity contribution in [3.8, 4) is 0 Å². The van der Waals surface area contributed by atoms with Gasteiger partial charge in [0.15, 0.2) is 0 Å². The summed E-state index contributed by atoms with van der Waals surface area (Å²) in [6, 6.07) is 6.26. The van der Waals surface area contributed by atoms with E-state index in [-0.39, 0.29) is 6.15 Å². The van der Waals surface area contributed by atoms with E-state index in [2.05, 4.69) is 42.8 Å². The normalized spacial score (nSPS) is 9.83. The van der Waals surface area contributed by atoms with E-state index in [1.54, 1.807) is 0 Å². The predicted molar refractivity (Wildman–Crippen MR) is 51.9 cm³/mol. The van der Waals surface area contributed by atoms with Gasteiger partial charge >= 0.3 is 0 Å². The second kappa shape index (κ2) is 2.99. The number of hydrogen-bond acceptors (Lipinski definition) is 1. The molecule has 12 heavy (non-hydrogen) atoms. The molecule has 0 saturated carbocycles. The SMILES string of the molecule is Cc1cn2ccccc2c1C.N. The summed E-state index contributed by atoms with van der Waals surface area (Å²) in [7, 11) is 0.